The molecule has 0 aromatic rings. The number of hydrogen-bond donors (Lipinski definition) is 2. The lowest BCUT2D eigenvalue weighted by Crippen LogP contribution is -2.59. The number of fused-ring (bicyclic) bond motifs is 1. The van der Waals surface area contributed by atoms with Crippen molar-refractivity contribution < 1.29 is 37.4 Å². The van der Waals surface area contributed by atoms with E-state index < -0.39 is 42.1 Å². The van der Waals surface area contributed by atoms with Crippen LogP contribution in [-0.2, 0) is 19.1 Å². The highest BCUT2D eigenvalue weighted by Crippen LogP contribution is 2.64. The number of aliphatic carboxylic acids is 1. The molecular formula is C15H21F3N2O5. The van der Waals surface area contributed by atoms with Gasteiger partial charge in [0.2, 0.25) is 5.91 Å². The van der Waals surface area contributed by atoms with Crippen molar-refractivity contribution in [3.63, 3.8) is 0 Å². The van der Waals surface area contributed by atoms with E-state index in [1.807, 2.05) is 13.8 Å². The molecule has 1 aliphatic heterocycles. The second kappa shape index (κ2) is 6.15. The highest BCUT2D eigenvalue weighted by molar-refractivity contribution is 5.93. The number of alkyl halides is 3. The average Bonchev–Trinajstić information content (AvgIpc) is 2.88. The van der Waals surface area contributed by atoms with Crippen molar-refractivity contribution in [3.05, 3.63) is 0 Å². The summed E-state index contributed by atoms with van der Waals surface area (Å²) >= 11 is 0. The zero-order valence-electron chi connectivity index (χ0n) is 14.3. The Bertz CT molecular complexity index is 592. The molecule has 2 aliphatic rings. The highest BCUT2D eigenvalue weighted by atomic mass is 19.4. The van der Waals surface area contributed by atoms with Crippen LogP contribution in [0.15, 0.2) is 0 Å². The van der Waals surface area contributed by atoms with Gasteiger partial charge < -0.3 is 20.1 Å². The SMILES string of the molecule is CO[C@H](C)[C@H](NC(=O)C(F)(F)F)C(=O)N1C[C@H]2[C@@H]([C@H]1C(=O)O)C2(C)C. The van der Waals surface area contributed by atoms with Crippen LogP contribution in [0.1, 0.15) is 20.8 Å². The molecule has 25 heavy (non-hydrogen) atoms. The third-order valence-corrected chi connectivity index (χ3v) is 5.40. The van der Waals surface area contributed by atoms with Gasteiger partial charge in [-0.25, -0.2) is 4.79 Å². The zero-order valence-corrected chi connectivity index (χ0v) is 14.3. The fourth-order valence-electron chi connectivity index (χ4n) is 3.71. The molecule has 7 nitrogen and oxygen atoms in total. The average molecular weight is 366 g/mol. The number of amides is 2. The second-order valence-electron chi connectivity index (χ2n) is 7.12. The van der Waals surface area contributed by atoms with E-state index in [4.69, 9.17) is 4.74 Å². The first-order chi connectivity index (χ1) is 11.3. The van der Waals surface area contributed by atoms with E-state index in [0.29, 0.717) is 0 Å². The van der Waals surface area contributed by atoms with Gasteiger partial charge in [0.25, 0.3) is 0 Å². The number of carboxylic acid groups (broad SMARTS) is 1. The van der Waals surface area contributed by atoms with Gasteiger partial charge in [0.15, 0.2) is 0 Å². The van der Waals surface area contributed by atoms with Gasteiger partial charge in [0.1, 0.15) is 12.1 Å². The van der Waals surface area contributed by atoms with Crippen molar-refractivity contribution >= 4 is 17.8 Å². The van der Waals surface area contributed by atoms with Crippen LogP contribution in [0.3, 0.4) is 0 Å². The Kier molecular flexibility index (Phi) is 4.79. The summed E-state index contributed by atoms with van der Waals surface area (Å²) < 4.78 is 42.5. The van der Waals surface area contributed by atoms with Gasteiger partial charge in [0.05, 0.1) is 6.10 Å². The molecule has 2 rings (SSSR count). The smallest absolute Gasteiger partial charge is 0.471 e. The molecule has 2 fully saturated rings. The molecule has 142 valence electrons. The minimum Gasteiger partial charge on any atom is -0.480 e. The maximum Gasteiger partial charge on any atom is 0.471 e. The molecule has 2 N–H and O–H groups in total. The minimum absolute atomic E-state index is 0.0330. The summed E-state index contributed by atoms with van der Waals surface area (Å²) in [5, 5.41) is 11.1. The molecule has 0 unspecified atom stereocenters. The molecule has 10 heteroatoms. The zero-order chi connectivity index (χ0) is 19.3. The van der Waals surface area contributed by atoms with E-state index in [1.54, 1.807) is 5.32 Å². The van der Waals surface area contributed by atoms with Crippen molar-refractivity contribution in [1.29, 1.82) is 0 Å². The number of piperidine rings is 1. The Hall–Kier alpha value is -1.84. The molecule has 1 saturated heterocycles. The Morgan fingerprint density at radius 1 is 1.32 bits per heavy atom. The van der Waals surface area contributed by atoms with Gasteiger partial charge in [-0.3, -0.25) is 9.59 Å². The summed E-state index contributed by atoms with van der Waals surface area (Å²) in [5.74, 6) is -4.66. The molecule has 1 saturated carbocycles. The predicted octanol–water partition coefficient (Wildman–Crippen LogP) is 0.636. The van der Waals surface area contributed by atoms with E-state index in [-0.39, 0.29) is 23.8 Å². The van der Waals surface area contributed by atoms with Crippen molar-refractivity contribution in [3.8, 4) is 0 Å². The second-order valence-corrected chi connectivity index (χ2v) is 7.12. The summed E-state index contributed by atoms with van der Waals surface area (Å²) in [6, 6.07) is -2.75. The Morgan fingerprint density at radius 3 is 2.32 bits per heavy atom. The monoisotopic (exact) mass is 366 g/mol. The van der Waals surface area contributed by atoms with Gasteiger partial charge in [-0.15, -0.1) is 0 Å². The molecule has 5 atom stereocenters. The number of methoxy groups -OCH3 is 1. The number of nitrogens with one attached hydrogen (secondary N) is 1. The third-order valence-electron chi connectivity index (χ3n) is 5.40. The number of carbonyl (C=O) groups is 3. The number of nitrogens with zero attached hydrogens (tertiary/aromatic N) is 1. The Balaban J connectivity index is 2.22. The Morgan fingerprint density at radius 2 is 1.88 bits per heavy atom. The fourth-order valence-corrected chi connectivity index (χ4v) is 3.71. The third kappa shape index (κ3) is 3.31. The first kappa shape index (κ1) is 19.5. The predicted molar refractivity (Wildman–Crippen MR) is 78.4 cm³/mol. The molecule has 0 aromatic carbocycles. The number of likely N-dealkylation sites (tertiary alicyclic amines) is 1. The van der Waals surface area contributed by atoms with Crippen molar-refractivity contribution in [2.75, 3.05) is 13.7 Å². The standard InChI is InChI=1S/C15H21F3N2O5/c1-6(25-4)9(19-13(24)15(16,17)18)11(21)20-5-7-8(14(7,2)3)10(20)12(22)23/h6-10H,5H2,1-4H3,(H,19,24)(H,22,23)/t6-,7+,8+,9+,10+/m1/s1. The highest BCUT2D eigenvalue weighted by Gasteiger charge is 2.70. The quantitative estimate of drug-likeness (QED) is 0.744. The van der Waals surface area contributed by atoms with Crippen LogP contribution in [0, 0.1) is 17.3 Å². The van der Waals surface area contributed by atoms with Crippen molar-refractivity contribution in [1.82, 2.24) is 10.2 Å². The fraction of sp³-hybridized carbons (Fsp3) is 0.800. The van der Waals surface area contributed by atoms with Crippen LogP contribution < -0.4 is 5.32 Å². The summed E-state index contributed by atoms with van der Waals surface area (Å²) in [6.07, 6.45) is -6.22. The molecule has 0 aromatic heterocycles. The summed E-state index contributed by atoms with van der Waals surface area (Å²) in [6.45, 7) is 5.24. The maximum atomic E-state index is 12.7. The van der Waals surface area contributed by atoms with Crippen LogP contribution in [0.4, 0.5) is 13.2 Å². The molecule has 1 aliphatic carbocycles. The van der Waals surface area contributed by atoms with E-state index in [9.17, 15) is 32.7 Å². The first-order valence-corrected chi connectivity index (χ1v) is 7.77. The van der Waals surface area contributed by atoms with Crippen LogP contribution in [0.2, 0.25) is 0 Å². The molecule has 0 radical (unpaired) electrons. The lowest BCUT2D eigenvalue weighted by atomic mass is 10.00. The molecule has 0 bridgehead atoms. The molecule has 2 amide bonds. The first-order valence-electron chi connectivity index (χ1n) is 7.77. The molecular weight excluding hydrogens is 345 g/mol. The number of carboxylic acids is 1. The van der Waals surface area contributed by atoms with Crippen LogP contribution in [-0.4, -0.2) is 65.8 Å². The van der Waals surface area contributed by atoms with Crippen LogP contribution in [0.25, 0.3) is 0 Å². The van der Waals surface area contributed by atoms with E-state index >= 15 is 0 Å². The maximum absolute atomic E-state index is 12.7. The lowest BCUT2D eigenvalue weighted by molar-refractivity contribution is -0.176. The largest absolute Gasteiger partial charge is 0.480 e. The van der Waals surface area contributed by atoms with Crippen LogP contribution in [0.5, 0.6) is 0 Å². The summed E-state index contributed by atoms with van der Waals surface area (Å²) in [5.41, 5.74) is -0.239. The normalized spacial score (nSPS) is 29.6. The Labute approximate surface area is 142 Å². The van der Waals surface area contributed by atoms with E-state index in [2.05, 4.69) is 0 Å². The van der Waals surface area contributed by atoms with Gasteiger partial charge in [-0.05, 0) is 18.3 Å². The van der Waals surface area contributed by atoms with Gasteiger partial charge in [-0.2, -0.15) is 13.2 Å². The lowest BCUT2D eigenvalue weighted by Gasteiger charge is -2.33. The van der Waals surface area contributed by atoms with Gasteiger partial charge >= 0.3 is 18.1 Å². The topological polar surface area (TPSA) is 95.9 Å². The number of rotatable bonds is 5. The van der Waals surface area contributed by atoms with E-state index in [0.717, 1.165) is 4.90 Å². The minimum atomic E-state index is -5.16. The molecule has 0 spiro atoms. The van der Waals surface area contributed by atoms with Crippen molar-refractivity contribution in [2.45, 2.75) is 45.1 Å². The number of ether oxygens (including phenoxy) is 1. The number of halogens is 3. The molecule has 1 heterocycles. The number of hydrogen-bond acceptors (Lipinski definition) is 4. The van der Waals surface area contributed by atoms with Gasteiger partial charge in [-0.1, -0.05) is 13.8 Å². The van der Waals surface area contributed by atoms with E-state index in [1.165, 1.54) is 14.0 Å². The van der Waals surface area contributed by atoms with Gasteiger partial charge in [0, 0.05) is 19.6 Å². The van der Waals surface area contributed by atoms with Crippen LogP contribution >= 0.6 is 0 Å². The summed E-state index contributed by atoms with van der Waals surface area (Å²) in [7, 11) is 1.18. The van der Waals surface area contributed by atoms with Crippen molar-refractivity contribution in [2.24, 2.45) is 17.3 Å². The number of carbonyl (C=O) groups excluding carboxylic acids is 2. The summed E-state index contributed by atoms with van der Waals surface area (Å²) in [4.78, 5) is 36.6.